The Morgan fingerprint density at radius 1 is 0.583 bits per heavy atom. The normalized spacial score (nSPS) is 12.4. The van der Waals surface area contributed by atoms with Gasteiger partial charge >= 0.3 is 5.97 Å². The second-order valence-corrected chi connectivity index (χ2v) is 16.1. The maximum Gasteiger partial charge on any atom is 0.303 e. The van der Waals surface area contributed by atoms with E-state index in [1.54, 1.807) is 4.90 Å². The molecule has 0 saturated heterocycles. The van der Waals surface area contributed by atoms with Gasteiger partial charge in [-0.05, 0) is 19.3 Å². The second-order valence-electron chi connectivity index (χ2n) is 14.2. The van der Waals surface area contributed by atoms with Gasteiger partial charge in [0, 0.05) is 26.1 Å². The molecule has 0 aliphatic carbocycles. The molecule has 0 fully saturated rings. The van der Waals surface area contributed by atoms with E-state index in [1.165, 1.54) is 141 Å². The maximum absolute atomic E-state index is 13.6. The van der Waals surface area contributed by atoms with Crippen molar-refractivity contribution in [2.45, 2.75) is 213 Å². The Bertz CT molecular complexity index is 807. The van der Waals surface area contributed by atoms with Crippen molar-refractivity contribution in [3.05, 3.63) is 0 Å². The molecule has 4 N–H and O–H groups in total. The fourth-order valence-corrected chi connectivity index (χ4v) is 7.56. The van der Waals surface area contributed by atoms with Crippen molar-refractivity contribution in [3.63, 3.8) is 0 Å². The van der Waals surface area contributed by atoms with E-state index in [4.69, 9.17) is 5.73 Å². The van der Waals surface area contributed by atoms with Crippen molar-refractivity contribution in [2.75, 3.05) is 25.4 Å². The molecule has 286 valence electrons. The highest BCUT2D eigenvalue weighted by atomic mass is 32.2. The van der Waals surface area contributed by atoms with Gasteiger partial charge in [-0.15, -0.1) is 0 Å². The molecule has 8 nitrogen and oxygen atoms in total. The first-order valence-corrected chi connectivity index (χ1v) is 22.1. The Balaban J connectivity index is 4.62. The Hall–Kier alpha value is -1.19. The first-order chi connectivity index (χ1) is 23.3. The lowest BCUT2D eigenvalue weighted by molar-refractivity contribution is -0.138. The van der Waals surface area contributed by atoms with Crippen molar-refractivity contribution in [3.8, 4) is 0 Å². The number of carboxylic acid groups (broad SMARTS) is 1. The van der Waals surface area contributed by atoms with Crippen molar-refractivity contribution in [1.29, 1.82) is 0 Å². The van der Waals surface area contributed by atoms with Crippen LogP contribution in [0.2, 0.25) is 0 Å². The van der Waals surface area contributed by atoms with Gasteiger partial charge in [0.2, 0.25) is 15.9 Å². The van der Waals surface area contributed by atoms with Gasteiger partial charge in [-0.3, -0.25) is 9.59 Å². The molecule has 0 radical (unpaired) electrons. The number of unbranched alkanes of at least 4 members (excludes halogenated alkanes) is 26. The van der Waals surface area contributed by atoms with Crippen LogP contribution in [-0.2, 0) is 19.6 Å². The number of nitrogens with one attached hydrogen (secondary N) is 1. The molecule has 1 atom stereocenters. The van der Waals surface area contributed by atoms with Gasteiger partial charge in [-0.25, -0.2) is 13.1 Å². The smallest absolute Gasteiger partial charge is 0.303 e. The molecule has 0 heterocycles. The lowest BCUT2D eigenvalue weighted by Gasteiger charge is -2.28. The zero-order chi connectivity index (χ0) is 35.6. The van der Waals surface area contributed by atoms with E-state index in [2.05, 4.69) is 18.6 Å². The average Bonchev–Trinajstić information content (AvgIpc) is 3.05. The van der Waals surface area contributed by atoms with Crippen LogP contribution in [-0.4, -0.2) is 61.7 Å². The molecule has 0 aromatic heterocycles. The van der Waals surface area contributed by atoms with E-state index in [1.807, 2.05) is 0 Å². The molecule has 1 amide bonds. The Morgan fingerprint density at radius 3 is 1.19 bits per heavy atom. The molecule has 0 bridgehead atoms. The summed E-state index contributed by atoms with van der Waals surface area (Å²) in [6, 6.07) is -1.07. The summed E-state index contributed by atoms with van der Waals surface area (Å²) in [5.41, 5.74) is 5.47. The Kier molecular flexibility index (Phi) is 33.4. The predicted octanol–water partition coefficient (Wildman–Crippen LogP) is 9.89. The summed E-state index contributed by atoms with van der Waals surface area (Å²) in [5, 5.41) is 9.25. The monoisotopic (exact) mass is 702 g/mol. The number of hydrogen-bond acceptors (Lipinski definition) is 5. The second kappa shape index (κ2) is 34.3. The Morgan fingerprint density at radius 2 is 0.896 bits per heavy atom. The molecule has 0 aromatic carbocycles. The van der Waals surface area contributed by atoms with E-state index in [9.17, 15) is 23.1 Å². The summed E-state index contributed by atoms with van der Waals surface area (Å²) in [4.78, 5) is 26.7. The zero-order valence-corrected chi connectivity index (χ0v) is 32.4. The lowest BCUT2D eigenvalue weighted by Crippen LogP contribution is -2.50. The highest BCUT2D eigenvalue weighted by Gasteiger charge is 2.28. The van der Waals surface area contributed by atoms with Crippen LogP contribution in [0.15, 0.2) is 0 Å². The van der Waals surface area contributed by atoms with Crippen molar-refractivity contribution < 1.29 is 23.1 Å². The summed E-state index contributed by atoms with van der Waals surface area (Å²) in [7, 11) is -3.77. The highest BCUT2D eigenvalue weighted by molar-refractivity contribution is 7.89. The largest absolute Gasteiger partial charge is 0.481 e. The minimum atomic E-state index is -3.77. The van der Waals surface area contributed by atoms with Crippen molar-refractivity contribution in [1.82, 2.24) is 9.62 Å². The molecular formula is C39H79N3O5S. The van der Waals surface area contributed by atoms with Crippen LogP contribution in [0, 0.1) is 0 Å². The number of nitrogens with zero attached hydrogens (tertiary/aromatic N) is 1. The molecule has 0 rings (SSSR count). The van der Waals surface area contributed by atoms with Crippen LogP contribution in [0.5, 0.6) is 0 Å². The minimum Gasteiger partial charge on any atom is -0.481 e. The molecular weight excluding hydrogens is 623 g/mol. The highest BCUT2D eigenvalue weighted by Crippen LogP contribution is 2.16. The molecule has 0 aliphatic heterocycles. The van der Waals surface area contributed by atoms with Gasteiger partial charge in [-0.2, -0.15) is 0 Å². The van der Waals surface area contributed by atoms with Crippen molar-refractivity contribution >= 4 is 21.9 Å². The minimum absolute atomic E-state index is 0.0585. The van der Waals surface area contributed by atoms with Gasteiger partial charge in [0.1, 0.15) is 6.04 Å². The van der Waals surface area contributed by atoms with E-state index < -0.39 is 22.0 Å². The third-order valence-corrected chi connectivity index (χ3v) is 10.9. The number of carboxylic acids is 1. The SMILES string of the molecule is CCCCCCCCCCCCCCCCN(CCCCCCCCCCCCCCCC)C(=O)C(CCC(=O)O)NS(=O)(=O)CCN. The van der Waals surface area contributed by atoms with E-state index in [-0.39, 0.29) is 31.0 Å². The summed E-state index contributed by atoms with van der Waals surface area (Å²) in [6.45, 7) is 5.62. The summed E-state index contributed by atoms with van der Waals surface area (Å²) < 4.78 is 27.5. The quantitative estimate of drug-likeness (QED) is 0.0550. The van der Waals surface area contributed by atoms with Crippen LogP contribution in [0.4, 0.5) is 0 Å². The fourth-order valence-electron chi connectivity index (χ4n) is 6.48. The van der Waals surface area contributed by atoms with E-state index >= 15 is 0 Å². The third-order valence-electron chi connectivity index (χ3n) is 9.53. The molecule has 48 heavy (non-hydrogen) atoms. The number of aliphatic carboxylic acids is 1. The van der Waals surface area contributed by atoms with E-state index in [0.717, 1.165) is 38.5 Å². The zero-order valence-electron chi connectivity index (χ0n) is 31.6. The molecule has 0 aliphatic rings. The van der Waals surface area contributed by atoms with Gasteiger partial charge < -0.3 is 15.7 Å². The summed E-state index contributed by atoms with van der Waals surface area (Å²) in [5.74, 6) is -1.64. The number of sulfonamides is 1. The van der Waals surface area contributed by atoms with Crippen molar-refractivity contribution in [2.24, 2.45) is 5.73 Å². The molecule has 0 spiro atoms. The number of carbonyl (C=O) groups excluding carboxylic acids is 1. The van der Waals surface area contributed by atoms with Crippen LogP contribution in [0.25, 0.3) is 0 Å². The number of hydrogen-bond donors (Lipinski definition) is 3. The number of nitrogens with two attached hydrogens (primary N) is 1. The first-order valence-electron chi connectivity index (χ1n) is 20.5. The fraction of sp³-hybridized carbons (Fsp3) is 0.949. The molecule has 0 saturated carbocycles. The molecule has 1 unspecified atom stereocenters. The molecule has 9 heteroatoms. The van der Waals surface area contributed by atoms with Gasteiger partial charge in [0.15, 0.2) is 0 Å². The number of rotatable bonds is 38. The van der Waals surface area contributed by atoms with Gasteiger partial charge in [-0.1, -0.05) is 181 Å². The maximum atomic E-state index is 13.6. The Labute approximate surface area is 297 Å². The summed E-state index contributed by atoms with van der Waals surface area (Å²) in [6.07, 6.45) is 35.0. The average molecular weight is 702 g/mol. The van der Waals surface area contributed by atoms with Gasteiger partial charge in [0.25, 0.3) is 0 Å². The summed E-state index contributed by atoms with van der Waals surface area (Å²) >= 11 is 0. The third kappa shape index (κ3) is 30.8. The lowest BCUT2D eigenvalue weighted by atomic mass is 10.0. The topological polar surface area (TPSA) is 130 Å². The molecule has 0 aromatic rings. The van der Waals surface area contributed by atoms with Gasteiger partial charge in [0.05, 0.1) is 5.75 Å². The number of amides is 1. The standard InChI is InChI=1S/C39H79N3O5S/c1-3-5-7-9-11-13-15-17-19-21-23-25-27-29-34-42(39(45)37(31-32-38(43)44)41-48(46,47)36-33-40)35-30-28-26-24-22-20-18-16-14-12-10-8-6-4-2/h37,41H,3-36,40H2,1-2H3,(H,43,44). The van der Waals surface area contributed by atoms with Crippen LogP contribution in [0.3, 0.4) is 0 Å². The van der Waals surface area contributed by atoms with Crippen LogP contribution in [0.1, 0.15) is 206 Å². The van der Waals surface area contributed by atoms with E-state index in [0.29, 0.717) is 13.1 Å². The van der Waals surface area contributed by atoms with Crippen LogP contribution >= 0.6 is 0 Å². The van der Waals surface area contributed by atoms with Crippen LogP contribution < -0.4 is 10.5 Å². The first kappa shape index (κ1) is 46.8. The number of carbonyl (C=O) groups is 2. The predicted molar refractivity (Wildman–Crippen MR) is 204 cm³/mol.